The van der Waals surface area contributed by atoms with Crippen LogP contribution in [0.4, 0.5) is 17.1 Å². The Morgan fingerprint density at radius 3 is 1.03 bits per heavy atom. The highest BCUT2D eigenvalue weighted by atomic mass is 16.2. The molecule has 3 amide bonds. The van der Waals surface area contributed by atoms with Gasteiger partial charge in [-0.3, -0.25) is 29.3 Å². The summed E-state index contributed by atoms with van der Waals surface area (Å²) in [7, 11) is 4.76. The minimum atomic E-state index is -0.345. The van der Waals surface area contributed by atoms with Gasteiger partial charge in [-0.2, -0.15) is 0 Å². The van der Waals surface area contributed by atoms with Crippen LogP contribution < -0.4 is 14.7 Å². The minimum absolute atomic E-state index is 0.297. The number of carbonyl (C=O) groups excluding carboxylic acids is 3. The summed E-state index contributed by atoms with van der Waals surface area (Å²) in [6, 6.07) is 4.78. The van der Waals surface area contributed by atoms with Crippen LogP contribution in [0.5, 0.6) is 0 Å². The van der Waals surface area contributed by atoms with Crippen LogP contribution in [0.1, 0.15) is 31.1 Å². The van der Waals surface area contributed by atoms with Gasteiger partial charge in [-0.25, -0.2) is 0 Å². The molecule has 6 bridgehead atoms. The number of hydrogen-bond donors (Lipinski definition) is 0. The van der Waals surface area contributed by atoms with Crippen LogP contribution in [0.2, 0.25) is 0 Å². The fourth-order valence-corrected chi connectivity index (χ4v) is 3.12. The molecule has 150 valence electrons. The average Bonchev–Trinajstić information content (AvgIpc) is 2.80. The summed E-state index contributed by atoms with van der Waals surface area (Å²) in [4.78, 5) is 55.5. The maximum absolute atomic E-state index is 13.0. The van der Waals surface area contributed by atoms with Gasteiger partial charge in [-0.05, 0) is 18.2 Å². The Morgan fingerprint density at radius 1 is 0.500 bits per heavy atom. The molecular weight excluding hydrogens is 384 g/mol. The van der Waals surface area contributed by atoms with Crippen molar-refractivity contribution in [3.05, 3.63) is 72.1 Å². The Hall–Kier alpha value is -4.14. The van der Waals surface area contributed by atoms with Gasteiger partial charge in [0, 0.05) is 39.7 Å². The van der Waals surface area contributed by atoms with Crippen LogP contribution in [0.25, 0.3) is 0 Å². The molecule has 0 unspecified atom stereocenters. The minimum Gasteiger partial charge on any atom is -0.310 e. The van der Waals surface area contributed by atoms with E-state index >= 15 is 0 Å². The highest BCUT2D eigenvalue weighted by Crippen LogP contribution is 2.23. The molecule has 4 rings (SSSR count). The van der Waals surface area contributed by atoms with Crippen LogP contribution in [-0.2, 0) is 0 Å². The van der Waals surface area contributed by atoms with Crippen molar-refractivity contribution in [3.63, 3.8) is 0 Å². The summed E-state index contributed by atoms with van der Waals surface area (Å²) in [5.41, 5.74) is 2.25. The molecule has 0 atom stereocenters. The number of carbonyl (C=O) groups is 3. The van der Waals surface area contributed by atoms with Gasteiger partial charge in [0.15, 0.2) is 0 Å². The number of rotatable bonds is 0. The highest BCUT2D eigenvalue weighted by molar-refractivity contribution is 6.11. The van der Waals surface area contributed by atoms with Crippen molar-refractivity contribution in [1.29, 1.82) is 0 Å². The lowest BCUT2D eigenvalue weighted by atomic mass is 10.2. The monoisotopic (exact) mass is 402 g/mol. The fraction of sp³-hybridized carbons (Fsp3) is 0.143. The maximum Gasteiger partial charge on any atom is 0.259 e. The number of hydrogen-bond acceptors (Lipinski definition) is 6. The van der Waals surface area contributed by atoms with Crippen molar-refractivity contribution in [2.45, 2.75) is 0 Å². The molecule has 9 heteroatoms. The van der Waals surface area contributed by atoms with Gasteiger partial charge in [-0.15, -0.1) is 0 Å². The van der Waals surface area contributed by atoms with E-state index in [1.165, 1.54) is 51.9 Å². The lowest BCUT2D eigenvalue weighted by Gasteiger charge is -2.20. The molecule has 0 aliphatic carbocycles. The molecule has 0 N–H and O–H groups in total. The number of aromatic nitrogens is 3. The van der Waals surface area contributed by atoms with Crippen LogP contribution >= 0.6 is 0 Å². The van der Waals surface area contributed by atoms with Crippen molar-refractivity contribution in [3.8, 4) is 0 Å². The van der Waals surface area contributed by atoms with Gasteiger partial charge in [0.05, 0.1) is 52.3 Å². The van der Waals surface area contributed by atoms with E-state index in [9.17, 15) is 14.4 Å². The van der Waals surface area contributed by atoms with E-state index in [4.69, 9.17) is 0 Å². The number of amides is 3. The van der Waals surface area contributed by atoms with Gasteiger partial charge in [0.2, 0.25) is 0 Å². The third-order valence-corrected chi connectivity index (χ3v) is 4.99. The van der Waals surface area contributed by atoms with Crippen LogP contribution in [0, 0.1) is 0 Å². The summed E-state index contributed by atoms with van der Waals surface area (Å²) >= 11 is 0. The number of pyridine rings is 3. The molecule has 9 nitrogen and oxygen atoms in total. The van der Waals surface area contributed by atoms with Crippen molar-refractivity contribution < 1.29 is 14.4 Å². The van der Waals surface area contributed by atoms with Gasteiger partial charge in [-0.1, -0.05) is 0 Å². The van der Waals surface area contributed by atoms with E-state index in [0.29, 0.717) is 33.8 Å². The third-order valence-electron chi connectivity index (χ3n) is 4.99. The molecule has 1 aliphatic heterocycles. The molecule has 0 spiro atoms. The molecule has 0 radical (unpaired) electrons. The molecule has 1 aliphatic rings. The highest BCUT2D eigenvalue weighted by Gasteiger charge is 2.22. The number of anilines is 3. The fourth-order valence-electron chi connectivity index (χ4n) is 3.12. The number of fused-ring (bicyclic) bond motifs is 6. The molecule has 3 aromatic rings. The Bertz CT molecular complexity index is 1030. The van der Waals surface area contributed by atoms with Gasteiger partial charge in [0.1, 0.15) is 0 Å². The lowest BCUT2D eigenvalue weighted by Crippen LogP contribution is -2.29. The quantitative estimate of drug-likeness (QED) is 0.570. The standard InChI is InChI=1S/C21H18N6O3/c1-25-16-4-14(8-22-10-16)20(29)27(3)18-6-15(9-24-12-18)21(30)26(2)17-5-13(19(25)28)7-23-11-17/h4-12H,1-3H3. The molecule has 0 aromatic carbocycles. The first-order chi connectivity index (χ1) is 14.4. The first-order valence-corrected chi connectivity index (χ1v) is 9.06. The Labute approximate surface area is 172 Å². The summed E-state index contributed by atoms with van der Waals surface area (Å²) in [6.07, 6.45) is 8.79. The largest absolute Gasteiger partial charge is 0.310 e. The van der Waals surface area contributed by atoms with E-state index in [1.54, 1.807) is 39.3 Å². The lowest BCUT2D eigenvalue weighted by molar-refractivity contribution is 0.0982. The molecular formula is C21H18N6O3. The molecule has 4 heterocycles. The second kappa shape index (κ2) is 7.36. The van der Waals surface area contributed by atoms with Crippen LogP contribution in [0.3, 0.4) is 0 Å². The Morgan fingerprint density at radius 2 is 0.767 bits per heavy atom. The third kappa shape index (κ3) is 3.26. The van der Waals surface area contributed by atoms with E-state index in [1.807, 2.05) is 0 Å². The summed E-state index contributed by atoms with van der Waals surface area (Å²) in [5, 5.41) is 0. The molecule has 3 aromatic heterocycles. The van der Waals surface area contributed by atoms with Crippen LogP contribution in [0.15, 0.2) is 55.4 Å². The summed E-state index contributed by atoms with van der Waals surface area (Å²) in [5.74, 6) is -1.04. The Balaban J connectivity index is 1.92. The van der Waals surface area contributed by atoms with Gasteiger partial charge < -0.3 is 14.7 Å². The summed E-state index contributed by atoms with van der Waals surface area (Å²) in [6.45, 7) is 0. The van der Waals surface area contributed by atoms with Crippen LogP contribution in [-0.4, -0.2) is 53.8 Å². The number of nitrogens with zero attached hydrogens (tertiary/aromatic N) is 6. The zero-order chi connectivity index (χ0) is 21.4. The first kappa shape index (κ1) is 19.2. The molecule has 0 saturated carbocycles. The SMILES string of the molecule is CN1C(=O)c2cncc(c2)N(C)C(=O)c2cncc(c2)N(C)C(=O)c2cncc1c2. The van der Waals surface area contributed by atoms with E-state index in [-0.39, 0.29) is 17.7 Å². The normalized spacial score (nSPS) is 14.5. The van der Waals surface area contributed by atoms with Gasteiger partial charge >= 0.3 is 0 Å². The smallest absolute Gasteiger partial charge is 0.259 e. The molecule has 0 fully saturated rings. The van der Waals surface area contributed by atoms with E-state index in [2.05, 4.69) is 15.0 Å². The second-order valence-corrected chi connectivity index (χ2v) is 6.89. The maximum atomic E-state index is 13.0. The summed E-state index contributed by atoms with van der Waals surface area (Å²) < 4.78 is 0. The zero-order valence-electron chi connectivity index (χ0n) is 16.6. The first-order valence-electron chi connectivity index (χ1n) is 9.06. The van der Waals surface area contributed by atoms with E-state index < -0.39 is 0 Å². The van der Waals surface area contributed by atoms with E-state index in [0.717, 1.165) is 0 Å². The second-order valence-electron chi connectivity index (χ2n) is 6.89. The van der Waals surface area contributed by atoms with Crippen molar-refractivity contribution in [1.82, 2.24) is 15.0 Å². The predicted molar refractivity (Wildman–Crippen MR) is 111 cm³/mol. The topological polar surface area (TPSA) is 99.6 Å². The van der Waals surface area contributed by atoms with Crippen molar-refractivity contribution in [2.24, 2.45) is 0 Å². The molecule has 30 heavy (non-hydrogen) atoms. The molecule has 0 saturated heterocycles. The van der Waals surface area contributed by atoms with Gasteiger partial charge in [0.25, 0.3) is 17.7 Å². The Kier molecular flexibility index (Phi) is 4.71. The van der Waals surface area contributed by atoms with Crippen molar-refractivity contribution in [2.75, 3.05) is 35.8 Å². The average molecular weight is 402 g/mol. The zero-order valence-corrected chi connectivity index (χ0v) is 16.6. The predicted octanol–water partition coefficient (Wildman–Crippen LogP) is 2.01. The van der Waals surface area contributed by atoms with Crippen molar-refractivity contribution >= 4 is 34.8 Å².